The van der Waals surface area contributed by atoms with Crippen molar-refractivity contribution < 1.29 is 14.3 Å². The molecule has 1 saturated carbocycles. The Bertz CT molecular complexity index is 1090. The van der Waals surface area contributed by atoms with Crippen molar-refractivity contribution in [3.05, 3.63) is 103 Å². The van der Waals surface area contributed by atoms with Crippen LogP contribution in [-0.4, -0.2) is 32.1 Å². The van der Waals surface area contributed by atoms with Gasteiger partial charge in [0.05, 0.1) is 12.7 Å². The lowest BCUT2D eigenvalue weighted by Gasteiger charge is -2.38. The van der Waals surface area contributed by atoms with Gasteiger partial charge in [-0.15, -0.1) is 0 Å². The Morgan fingerprint density at radius 2 is 1.31 bits per heavy atom. The average Bonchev–Trinajstić information content (AvgIpc) is 2.98. The molecule has 208 valence electrons. The Labute approximate surface area is 236 Å². The Morgan fingerprint density at radius 3 is 1.69 bits per heavy atom. The molecular weight excluding hydrogens is 499 g/mol. The van der Waals surface area contributed by atoms with Gasteiger partial charge in [0.2, 0.25) is 0 Å². The summed E-state index contributed by atoms with van der Waals surface area (Å²) in [6, 6.07) is 31.9. The zero-order valence-electron chi connectivity index (χ0n) is 24.1. The monoisotopic (exact) mass is 544 g/mol. The van der Waals surface area contributed by atoms with Crippen LogP contribution in [0.5, 0.6) is 0 Å². The fraction of sp³-hybridized carbons (Fsp3) is 0.371. The molecule has 0 aromatic heterocycles. The summed E-state index contributed by atoms with van der Waals surface area (Å²) in [7, 11) is 1.78. The number of carbonyl (C=O) groups is 1. The van der Waals surface area contributed by atoms with Gasteiger partial charge in [-0.3, -0.25) is 0 Å². The third kappa shape index (κ3) is 8.31. The summed E-state index contributed by atoms with van der Waals surface area (Å²) in [5.41, 5.74) is -0.149. The largest absolute Gasteiger partial charge is 0.463 e. The number of ether oxygens (including phenoxy) is 2. The number of hydrogen-bond acceptors (Lipinski definition) is 3. The minimum Gasteiger partial charge on any atom is -0.463 e. The Balaban J connectivity index is 0.000000216. The Morgan fingerprint density at radius 1 is 0.872 bits per heavy atom. The van der Waals surface area contributed by atoms with Crippen molar-refractivity contribution in [3.63, 3.8) is 0 Å². The van der Waals surface area contributed by atoms with Crippen LogP contribution < -0.4 is 15.9 Å². The molecule has 1 unspecified atom stereocenters. The van der Waals surface area contributed by atoms with Crippen LogP contribution >= 0.6 is 6.89 Å². The molecule has 0 heterocycles. The number of esters is 1. The van der Waals surface area contributed by atoms with E-state index in [4.69, 9.17) is 15.8 Å². The first-order chi connectivity index (χ1) is 18.8. The lowest BCUT2D eigenvalue weighted by Crippen LogP contribution is -2.37. The van der Waals surface area contributed by atoms with Gasteiger partial charge in [-0.1, -0.05) is 136 Å². The third-order valence-corrected chi connectivity index (χ3v) is 11.1. The number of rotatable bonds is 9. The topological polar surface area (TPSA) is 35.5 Å². The van der Waals surface area contributed by atoms with Gasteiger partial charge >= 0.3 is 5.97 Å². The molecule has 0 bridgehead atoms. The SMILES string of the molecule is C=P(c1ccccc1)(c1ccccc1)c1ccccc1.CCOC(=O)/C=C/C(C)(C)C(OC)C1CCCCC1. The Kier molecular flexibility index (Phi) is 11.8. The highest BCUT2D eigenvalue weighted by Gasteiger charge is 2.34. The standard InChI is InChI=1S/C19H17P.C16H28O3/c1-20(17-11-5-2-6-12-17,18-13-7-3-8-14-18)19-15-9-4-10-16-19;1-5-19-14(17)11-12-16(2,3)15(18-4)13-9-7-6-8-10-13/h2-16H,1H2;11-13,15H,5-10H2,1-4H3/b;12-11+. The maximum atomic E-state index is 11.4. The third-order valence-electron chi connectivity index (χ3n) is 7.59. The van der Waals surface area contributed by atoms with Gasteiger partial charge in [0.15, 0.2) is 0 Å². The fourth-order valence-electron chi connectivity index (χ4n) is 5.60. The summed E-state index contributed by atoms with van der Waals surface area (Å²) in [4.78, 5) is 11.4. The molecule has 0 amide bonds. The highest BCUT2D eigenvalue weighted by Crippen LogP contribution is 2.41. The maximum Gasteiger partial charge on any atom is 0.330 e. The zero-order valence-corrected chi connectivity index (χ0v) is 25.0. The van der Waals surface area contributed by atoms with Crippen molar-refractivity contribution in [2.24, 2.45) is 11.3 Å². The van der Waals surface area contributed by atoms with Gasteiger partial charge in [-0.25, -0.2) is 4.79 Å². The molecule has 1 fully saturated rings. The van der Waals surface area contributed by atoms with Crippen LogP contribution in [0, 0.1) is 11.3 Å². The number of carbonyl (C=O) groups excluding carboxylic acids is 1. The van der Waals surface area contributed by atoms with E-state index in [0.717, 1.165) is 0 Å². The van der Waals surface area contributed by atoms with Crippen LogP contribution in [0.25, 0.3) is 0 Å². The van der Waals surface area contributed by atoms with Gasteiger partial charge in [-0.05, 0) is 48.5 Å². The highest BCUT2D eigenvalue weighted by molar-refractivity contribution is 7.93. The predicted octanol–water partition coefficient (Wildman–Crippen LogP) is 7.14. The van der Waals surface area contributed by atoms with E-state index in [1.165, 1.54) is 48.0 Å². The van der Waals surface area contributed by atoms with Crippen LogP contribution in [0.4, 0.5) is 0 Å². The molecule has 3 nitrogen and oxygen atoms in total. The number of hydrogen-bond donors (Lipinski definition) is 0. The molecule has 0 saturated heterocycles. The van der Waals surface area contributed by atoms with Crippen LogP contribution in [0.15, 0.2) is 103 Å². The minimum atomic E-state index is -1.78. The van der Waals surface area contributed by atoms with Crippen molar-refractivity contribution in [3.8, 4) is 0 Å². The number of methoxy groups -OCH3 is 1. The molecule has 0 N–H and O–H groups in total. The molecule has 0 aliphatic heterocycles. The molecule has 4 heteroatoms. The van der Waals surface area contributed by atoms with Crippen molar-refractivity contribution >= 4 is 35.1 Å². The van der Waals surface area contributed by atoms with Crippen molar-refractivity contribution in [1.29, 1.82) is 0 Å². The molecule has 1 aliphatic rings. The summed E-state index contributed by atoms with van der Waals surface area (Å²) in [6.07, 6.45) is 14.7. The average molecular weight is 545 g/mol. The van der Waals surface area contributed by atoms with E-state index in [0.29, 0.717) is 12.5 Å². The second-order valence-electron chi connectivity index (χ2n) is 10.8. The second-order valence-corrected chi connectivity index (χ2v) is 13.9. The van der Waals surface area contributed by atoms with E-state index in [9.17, 15) is 4.79 Å². The van der Waals surface area contributed by atoms with Crippen molar-refractivity contribution in [2.45, 2.75) is 59.0 Å². The first kappa shape index (κ1) is 30.7. The van der Waals surface area contributed by atoms with Crippen molar-refractivity contribution in [2.75, 3.05) is 13.7 Å². The summed E-state index contributed by atoms with van der Waals surface area (Å²) in [5.74, 6) is 0.328. The normalized spacial score (nSPS) is 15.3. The van der Waals surface area contributed by atoms with Crippen LogP contribution in [0.3, 0.4) is 0 Å². The van der Waals surface area contributed by atoms with Gasteiger partial charge in [0, 0.05) is 18.6 Å². The van der Waals surface area contributed by atoms with Gasteiger partial charge < -0.3 is 9.47 Å². The quantitative estimate of drug-likeness (QED) is 0.163. The van der Waals surface area contributed by atoms with Gasteiger partial charge in [0.1, 0.15) is 0 Å². The first-order valence-electron chi connectivity index (χ1n) is 14.1. The van der Waals surface area contributed by atoms with E-state index in [2.05, 4.69) is 105 Å². The Hall–Kier alpha value is -2.87. The van der Waals surface area contributed by atoms with E-state index in [1.807, 2.05) is 13.0 Å². The predicted molar refractivity (Wildman–Crippen MR) is 169 cm³/mol. The lowest BCUT2D eigenvalue weighted by atomic mass is 9.73. The lowest BCUT2D eigenvalue weighted by molar-refractivity contribution is -0.137. The summed E-state index contributed by atoms with van der Waals surface area (Å²) in [5, 5.41) is 3.95. The van der Waals surface area contributed by atoms with Crippen molar-refractivity contribution in [1.82, 2.24) is 0 Å². The van der Waals surface area contributed by atoms with Crippen LogP contribution in [0.1, 0.15) is 52.9 Å². The first-order valence-corrected chi connectivity index (χ1v) is 16.1. The van der Waals surface area contributed by atoms with E-state index in [-0.39, 0.29) is 17.5 Å². The molecule has 39 heavy (non-hydrogen) atoms. The maximum absolute atomic E-state index is 11.4. The molecule has 3 aromatic rings. The summed E-state index contributed by atoms with van der Waals surface area (Å²) < 4.78 is 10.7. The molecule has 0 spiro atoms. The molecule has 4 rings (SSSR count). The highest BCUT2D eigenvalue weighted by atomic mass is 31.2. The van der Waals surface area contributed by atoms with Gasteiger partial charge in [-0.2, -0.15) is 0 Å². The molecule has 0 radical (unpaired) electrons. The summed E-state index contributed by atoms with van der Waals surface area (Å²) >= 11 is 0. The zero-order chi connectivity index (χ0) is 28.1. The smallest absolute Gasteiger partial charge is 0.330 e. The molecule has 3 aromatic carbocycles. The van der Waals surface area contributed by atoms with E-state index >= 15 is 0 Å². The fourth-order valence-corrected chi connectivity index (χ4v) is 8.54. The van der Waals surface area contributed by atoms with E-state index < -0.39 is 6.89 Å². The molecular formula is C35H45O3P. The van der Waals surface area contributed by atoms with Crippen LogP contribution in [0.2, 0.25) is 0 Å². The summed E-state index contributed by atoms with van der Waals surface area (Å²) in [6.45, 7) is 4.72. The minimum absolute atomic E-state index is 0.149. The number of benzene rings is 3. The molecule has 1 atom stereocenters. The second kappa shape index (κ2) is 15.1. The van der Waals surface area contributed by atoms with Crippen LogP contribution in [-0.2, 0) is 14.3 Å². The molecule has 1 aliphatic carbocycles. The van der Waals surface area contributed by atoms with E-state index in [1.54, 1.807) is 13.2 Å². The van der Waals surface area contributed by atoms with Gasteiger partial charge in [0.25, 0.3) is 0 Å².